The van der Waals surface area contributed by atoms with E-state index in [1.54, 1.807) is 27.9 Å². The normalized spacial score (nSPS) is 13.9. The summed E-state index contributed by atoms with van der Waals surface area (Å²) in [6.45, 7) is -0.0251. The highest BCUT2D eigenvalue weighted by atomic mass is 35.5. The van der Waals surface area contributed by atoms with Crippen LogP contribution in [-0.4, -0.2) is 15.4 Å². The molecule has 0 saturated carbocycles. The summed E-state index contributed by atoms with van der Waals surface area (Å²) in [7, 11) is 0. The Balaban J connectivity index is 1.59. The lowest BCUT2D eigenvalue weighted by Gasteiger charge is -2.10. The van der Waals surface area contributed by atoms with Crippen LogP contribution in [0.15, 0.2) is 23.0 Å². The van der Waals surface area contributed by atoms with Gasteiger partial charge in [-0.15, -0.1) is 22.7 Å². The zero-order valence-electron chi connectivity index (χ0n) is 12.6. The van der Waals surface area contributed by atoms with E-state index in [1.165, 1.54) is 10.9 Å². The number of esters is 1. The Morgan fingerprint density at radius 3 is 2.92 bits per heavy atom. The van der Waals surface area contributed by atoms with E-state index in [0.717, 1.165) is 42.7 Å². The maximum absolute atomic E-state index is 12.4. The van der Waals surface area contributed by atoms with Crippen LogP contribution in [0.1, 0.15) is 38.8 Å². The van der Waals surface area contributed by atoms with Crippen LogP contribution in [0.4, 0.5) is 0 Å². The third-order valence-corrected chi connectivity index (χ3v) is 6.29. The topological polar surface area (TPSA) is 60.7 Å². The lowest BCUT2D eigenvalue weighted by molar-refractivity contribution is 0.0473. The molecule has 0 amide bonds. The number of ether oxygens (including phenoxy) is 1. The van der Waals surface area contributed by atoms with E-state index in [2.05, 4.69) is 4.98 Å². The van der Waals surface area contributed by atoms with Gasteiger partial charge in [0, 0.05) is 16.6 Å². The number of thiophene rings is 1. The molecule has 24 heavy (non-hydrogen) atoms. The minimum absolute atomic E-state index is 0.0251. The molecular formula is C16H13ClN2O3S2. The van der Waals surface area contributed by atoms with Crippen LogP contribution >= 0.6 is 34.3 Å². The molecule has 8 heteroatoms. The Bertz CT molecular complexity index is 989. The monoisotopic (exact) mass is 380 g/mol. The molecule has 0 unspecified atom stereocenters. The van der Waals surface area contributed by atoms with Gasteiger partial charge in [0.05, 0.1) is 10.0 Å². The highest BCUT2D eigenvalue weighted by Gasteiger charge is 2.19. The van der Waals surface area contributed by atoms with Crippen molar-refractivity contribution in [2.45, 2.75) is 32.3 Å². The van der Waals surface area contributed by atoms with Crippen molar-refractivity contribution in [2.24, 2.45) is 0 Å². The highest BCUT2D eigenvalue weighted by molar-refractivity contribution is 7.18. The summed E-state index contributed by atoms with van der Waals surface area (Å²) < 4.78 is 7.47. The molecule has 0 spiro atoms. The number of carbonyl (C=O) groups excluding carboxylic acids is 1. The number of thiazole rings is 1. The zero-order chi connectivity index (χ0) is 16.7. The molecule has 0 N–H and O–H groups in total. The van der Waals surface area contributed by atoms with E-state index in [1.807, 2.05) is 0 Å². The van der Waals surface area contributed by atoms with Crippen molar-refractivity contribution in [1.29, 1.82) is 0 Å². The number of halogens is 1. The van der Waals surface area contributed by atoms with Gasteiger partial charge in [0.2, 0.25) is 0 Å². The molecule has 3 heterocycles. The number of nitrogens with zero attached hydrogens (tertiary/aromatic N) is 2. The van der Waals surface area contributed by atoms with Gasteiger partial charge in [0.1, 0.15) is 11.5 Å². The van der Waals surface area contributed by atoms with Crippen molar-refractivity contribution >= 4 is 45.2 Å². The standard InChI is InChI=1S/C16H13ClN2O3S2/c17-13-6-5-12(23-13)15(21)22-8-9-7-14(20)19-10-3-1-2-4-11(10)24-16(19)18-9/h5-7H,1-4,8H2. The molecule has 0 aromatic carbocycles. The Morgan fingerprint density at radius 1 is 1.29 bits per heavy atom. The first kappa shape index (κ1) is 15.8. The van der Waals surface area contributed by atoms with Crippen molar-refractivity contribution in [3.63, 3.8) is 0 Å². The van der Waals surface area contributed by atoms with Gasteiger partial charge in [-0.2, -0.15) is 0 Å². The van der Waals surface area contributed by atoms with Gasteiger partial charge >= 0.3 is 5.97 Å². The molecule has 0 saturated heterocycles. The molecule has 3 aromatic heterocycles. The predicted octanol–water partition coefficient (Wildman–Crippen LogP) is 3.71. The quantitative estimate of drug-likeness (QED) is 0.650. The molecule has 124 valence electrons. The number of aryl methyl sites for hydroxylation is 2. The molecular weight excluding hydrogens is 368 g/mol. The van der Waals surface area contributed by atoms with Gasteiger partial charge in [0.25, 0.3) is 5.56 Å². The Hall–Kier alpha value is -1.70. The van der Waals surface area contributed by atoms with E-state index < -0.39 is 5.97 Å². The first-order chi connectivity index (χ1) is 11.6. The summed E-state index contributed by atoms with van der Waals surface area (Å²) in [5.74, 6) is -0.459. The minimum atomic E-state index is -0.459. The van der Waals surface area contributed by atoms with Gasteiger partial charge < -0.3 is 4.74 Å². The molecule has 0 radical (unpaired) electrons. The van der Waals surface area contributed by atoms with Gasteiger partial charge in [-0.25, -0.2) is 9.78 Å². The van der Waals surface area contributed by atoms with Crippen LogP contribution in [0.5, 0.6) is 0 Å². The van der Waals surface area contributed by atoms with E-state index in [0.29, 0.717) is 19.9 Å². The second-order valence-electron chi connectivity index (χ2n) is 5.56. The second-order valence-corrected chi connectivity index (χ2v) is 8.34. The average Bonchev–Trinajstić information content (AvgIpc) is 3.16. The second kappa shape index (κ2) is 6.31. The van der Waals surface area contributed by atoms with Gasteiger partial charge in [-0.3, -0.25) is 9.20 Å². The summed E-state index contributed by atoms with van der Waals surface area (Å²) in [6, 6.07) is 4.72. The number of rotatable bonds is 3. The van der Waals surface area contributed by atoms with Crippen LogP contribution in [0.3, 0.4) is 0 Å². The number of aromatic nitrogens is 2. The molecule has 0 atom stereocenters. The number of fused-ring (bicyclic) bond motifs is 3. The summed E-state index contributed by atoms with van der Waals surface area (Å²) >= 11 is 8.53. The predicted molar refractivity (Wildman–Crippen MR) is 94.4 cm³/mol. The number of hydrogen-bond donors (Lipinski definition) is 0. The smallest absolute Gasteiger partial charge is 0.348 e. The lowest BCUT2D eigenvalue weighted by Crippen LogP contribution is -2.18. The van der Waals surface area contributed by atoms with Crippen LogP contribution in [0, 0.1) is 0 Å². The largest absolute Gasteiger partial charge is 0.455 e. The van der Waals surface area contributed by atoms with Crippen LogP contribution < -0.4 is 5.56 Å². The third kappa shape index (κ3) is 2.87. The van der Waals surface area contributed by atoms with E-state index in [4.69, 9.17) is 16.3 Å². The molecule has 0 bridgehead atoms. The van der Waals surface area contributed by atoms with Gasteiger partial charge in [-0.1, -0.05) is 11.6 Å². The Kier molecular flexibility index (Phi) is 4.15. The minimum Gasteiger partial charge on any atom is -0.455 e. The fourth-order valence-electron chi connectivity index (χ4n) is 2.85. The van der Waals surface area contributed by atoms with Gasteiger partial charge in [-0.05, 0) is 37.8 Å². The maximum Gasteiger partial charge on any atom is 0.348 e. The van der Waals surface area contributed by atoms with Crippen molar-refractivity contribution < 1.29 is 9.53 Å². The van der Waals surface area contributed by atoms with Crippen LogP contribution in [0.2, 0.25) is 4.34 Å². The Morgan fingerprint density at radius 2 is 2.12 bits per heavy atom. The summed E-state index contributed by atoms with van der Waals surface area (Å²) in [5, 5.41) is 0. The van der Waals surface area contributed by atoms with Crippen molar-refractivity contribution in [3.05, 3.63) is 54.0 Å². The highest BCUT2D eigenvalue weighted by Crippen LogP contribution is 2.28. The number of hydrogen-bond acceptors (Lipinski definition) is 6. The van der Waals surface area contributed by atoms with Crippen LogP contribution in [0.25, 0.3) is 4.96 Å². The molecule has 5 nitrogen and oxygen atoms in total. The molecule has 4 rings (SSSR count). The Labute approximate surface area is 150 Å². The maximum atomic E-state index is 12.4. The van der Waals surface area contributed by atoms with E-state index in [-0.39, 0.29) is 12.2 Å². The molecule has 1 aliphatic rings. The van der Waals surface area contributed by atoms with Crippen LogP contribution in [-0.2, 0) is 24.2 Å². The first-order valence-corrected chi connectivity index (χ1v) is 9.58. The van der Waals surface area contributed by atoms with Crippen molar-refractivity contribution in [2.75, 3.05) is 0 Å². The fraction of sp³-hybridized carbons (Fsp3) is 0.312. The molecule has 1 aliphatic carbocycles. The van der Waals surface area contributed by atoms with Crippen molar-refractivity contribution in [1.82, 2.24) is 9.38 Å². The van der Waals surface area contributed by atoms with Crippen molar-refractivity contribution in [3.8, 4) is 0 Å². The summed E-state index contributed by atoms with van der Waals surface area (Å²) in [5.41, 5.74) is 1.45. The zero-order valence-corrected chi connectivity index (χ0v) is 15.0. The molecule has 3 aromatic rings. The number of carbonyl (C=O) groups is 1. The average molecular weight is 381 g/mol. The first-order valence-electron chi connectivity index (χ1n) is 7.57. The SMILES string of the molecule is O=C(OCc1cc(=O)n2c3c(sc2n1)CCCC3)c1ccc(Cl)s1. The lowest BCUT2D eigenvalue weighted by atomic mass is 10.0. The molecule has 0 aliphatic heterocycles. The van der Waals surface area contributed by atoms with E-state index in [9.17, 15) is 9.59 Å². The molecule has 0 fully saturated rings. The van der Waals surface area contributed by atoms with Gasteiger partial charge in [0.15, 0.2) is 4.96 Å². The summed E-state index contributed by atoms with van der Waals surface area (Å²) in [6.07, 6.45) is 4.19. The van der Waals surface area contributed by atoms with E-state index >= 15 is 0 Å². The summed E-state index contributed by atoms with van der Waals surface area (Å²) in [4.78, 5) is 31.2. The third-order valence-electron chi connectivity index (χ3n) is 3.94. The fourth-order valence-corrected chi connectivity index (χ4v) is 5.02.